The molecular weight excluding hydrogens is 382 g/mol. The maximum absolute atomic E-state index is 12.5. The van der Waals surface area contributed by atoms with E-state index in [2.05, 4.69) is 20.7 Å². The molecule has 23 heavy (non-hydrogen) atoms. The van der Waals surface area contributed by atoms with Crippen LogP contribution in [0.4, 0.5) is 5.69 Å². The summed E-state index contributed by atoms with van der Waals surface area (Å²) in [4.78, 5) is 11.1. The van der Waals surface area contributed by atoms with Crippen LogP contribution in [-0.2, 0) is 22.9 Å². The quantitative estimate of drug-likeness (QED) is 0.830. The van der Waals surface area contributed by atoms with Crippen LogP contribution in [0.25, 0.3) is 0 Å². The van der Waals surface area contributed by atoms with Crippen LogP contribution in [0.15, 0.2) is 45.8 Å². The fourth-order valence-electron chi connectivity index (χ4n) is 2.68. The van der Waals surface area contributed by atoms with Gasteiger partial charge >= 0.3 is 5.97 Å². The van der Waals surface area contributed by atoms with Crippen molar-refractivity contribution < 1.29 is 18.3 Å². The van der Waals surface area contributed by atoms with Gasteiger partial charge in [0.1, 0.15) is 0 Å². The Balaban J connectivity index is 1.93. The fraction of sp³-hybridized carbons (Fsp3) is 0.188. The monoisotopic (exact) mass is 395 g/mol. The number of rotatable bonds is 4. The van der Waals surface area contributed by atoms with E-state index in [1.807, 2.05) is 12.1 Å². The molecule has 2 N–H and O–H groups in total. The van der Waals surface area contributed by atoms with Crippen molar-refractivity contribution in [2.24, 2.45) is 0 Å². The number of nitrogens with one attached hydrogen (secondary N) is 1. The standard InChI is InChI=1S/C16H14BrNO4S/c17-15-7-6-13(9-14(15)16(19)20)23(21,22)18-12-5-4-10-2-1-3-11(10)8-12/h4-9,18H,1-3H2,(H,19,20). The van der Waals surface area contributed by atoms with Gasteiger partial charge in [0.05, 0.1) is 10.5 Å². The zero-order chi connectivity index (χ0) is 16.6. The van der Waals surface area contributed by atoms with Gasteiger partial charge in [0.2, 0.25) is 0 Å². The van der Waals surface area contributed by atoms with Crippen molar-refractivity contribution in [2.75, 3.05) is 4.72 Å². The smallest absolute Gasteiger partial charge is 0.336 e. The van der Waals surface area contributed by atoms with Crippen LogP contribution < -0.4 is 4.72 Å². The van der Waals surface area contributed by atoms with Gasteiger partial charge in [-0.3, -0.25) is 4.72 Å². The number of benzene rings is 2. The van der Waals surface area contributed by atoms with E-state index in [-0.39, 0.29) is 10.5 Å². The summed E-state index contributed by atoms with van der Waals surface area (Å²) < 4.78 is 27.8. The molecule has 1 aliphatic carbocycles. The Labute approximate surface area is 142 Å². The van der Waals surface area contributed by atoms with E-state index >= 15 is 0 Å². The van der Waals surface area contributed by atoms with Crippen LogP contribution in [0.1, 0.15) is 27.9 Å². The molecule has 0 aliphatic heterocycles. The van der Waals surface area contributed by atoms with Crippen molar-refractivity contribution in [1.82, 2.24) is 0 Å². The summed E-state index contributed by atoms with van der Waals surface area (Å²) in [5.41, 5.74) is 2.81. The Hall–Kier alpha value is -1.86. The summed E-state index contributed by atoms with van der Waals surface area (Å²) in [6, 6.07) is 9.44. The number of carboxylic acids is 1. The molecule has 0 bridgehead atoms. The van der Waals surface area contributed by atoms with E-state index in [0.717, 1.165) is 30.9 Å². The molecule has 0 atom stereocenters. The van der Waals surface area contributed by atoms with Crippen molar-refractivity contribution in [2.45, 2.75) is 24.2 Å². The number of fused-ring (bicyclic) bond motifs is 1. The lowest BCUT2D eigenvalue weighted by Crippen LogP contribution is -2.14. The normalized spacial score (nSPS) is 13.6. The second-order valence-corrected chi connectivity index (χ2v) is 7.93. The molecule has 0 saturated carbocycles. The minimum absolute atomic E-state index is 0.0846. The SMILES string of the molecule is O=C(O)c1cc(S(=O)(=O)Nc2ccc3c(c2)CCC3)ccc1Br. The van der Waals surface area contributed by atoms with Crippen LogP contribution in [0.5, 0.6) is 0 Å². The largest absolute Gasteiger partial charge is 0.478 e. The number of sulfonamides is 1. The molecule has 0 fully saturated rings. The average molecular weight is 396 g/mol. The summed E-state index contributed by atoms with van der Waals surface area (Å²) >= 11 is 3.10. The Bertz CT molecular complexity index is 893. The lowest BCUT2D eigenvalue weighted by atomic mass is 10.1. The first-order chi connectivity index (χ1) is 10.9. The molecular formula is C16H14BrNO4S. The number of halogens is 1. The van der Waals surface area contributed by atoms with Gasteiger partial charge < -0.3 is 5.11 Å². The molecule has 0 heterocycles. The van der Waals surface area contributed by atoms with E-state index < -0.39 is 16.0 Å². The number of carboxylic acid groups (broad SMARTS) is 1. The number of aromatic carboxylic acids is 1. The summed E-state index contributed by atoms with van der Waals surface area (Å²) in [5.74, 6) is -1.19. The van der Waals surface area contributed by atoms with Gasteiger partial charge in [0, 0.05) is 10.2 Å². The van der Waals surface area contributed by atoms with Gasteiger partial charge in [-0.25, -0.2) is 13.2 Å². The molecule has 3 rings (SSSR count). The third kappa shape index (κ3) is 3.25. The molecule has 2 aromatic carbocycles. The highest BCUT2D eigenvalue weighted by Gasteiger charge is 2.19. The van der Waals surface area contributed by atoms with Crippen molar-refractivity contribution in [3.8, 4) is 0 Å². The van der Waals surface area contributed by atoms with E-state index in [4.69, 9.17) is 5.11 Å². The summed E-state index contributed by atoms with van der Waals surface area (Å²) in [7, 11) is -3.84. The first kappa shape index (κ1) is 16.0. The predicted molar refractivity (Wildman–Crippen MR) is 90.4 cm³/mol. The Morgan fingerprint density at radius 2 is 1.83 bits per heavy atom. The first-order valence-corrected chi connectivity index (χ1v) is 9.32. The van der Waals surface area contributed by atoms with E-state index in [1.165, 1.54) is 17.7 Å². The molecule has 7 heteroatoms. The number of anilines is 1. The highest BCUT2D eigenvalue weighted by atomic mass is 79.9. The maximum Gasteiger partial charge on any atom is 0.336 e. The van der Waals surface area contributed by atoms with Gasteiger partial charge in [-0.15, -0.1) is 0 Å². The molecule has 0 unspecified atom stereocenters. The molecule has 0 radical (unpaired) electrons. The van der Waals surface area contributed by atoms with Gasteiger partial charge in [0.25, 0.3) is 10.0 Å². The molecule has 1 aliphatic rings. The molecule has 0 spiro atoms. The molecule has 0 amide bonds. The lowest BCUT2D eigenvalue weighted by Gasteiger charge is -2.11. The van der Waals surface area contributed by atoms with Crippen LogP contribution in [0.3, 0.4) is 0 Å². The molecule has 0 saturated heterocycles. The van der Waals surface area contributed by atoms with Crippen LogP contribution in [0, 0.1) is 0 Å². The topological polar surface area (TPSA) is 83.5 Å². The number of hydrogen-bond acceptors (Lipinski definition) is 3. The third-order valence-corrected chi connectivity index (χ3v) is 5.90. The van der Waals surface area contributed by atoms with Crippen LogP contribution >= 0.6 is 15.9 Å². The Morgan fingerprint density at radius 3 is 2.57 bits per heavy atom. The molecule has 120 valence electrons. The average Bonchev–Trinajstić information content (AvgIpc) is 2.94. The van der Waals surface area contributed by atoms with Crippen molar-refractivity contribution >= 4 is 37.6 Å². The Kier molecular flexibility index (Phi) is 4.16. The zero-order valence-corrected chi connectivity index (χ0v) is 14.4. The second kappa shape index (κ2) is 5.98. The molecule has 5 nitrogen and oxygen atoms in total. The number of hydrogen-bond donors (Lipinski definition) is 2. The van der Waals surface area contributed by atoms with Crippen molar-refractivity contribution in [1.29, 1.82) is 0 Å². The predicted octanol–water partition coefficient (Wildman–Crippen LogP) is 3.44. The first-order valence-electron chi connectivity index (χ1n) is 7.04. The van der Waals surface area contributed by atoms with Gasteiger partial charge in [-0.1, -0.05) is 6.07 Å². The van der Waals surface area contributed by atoms with E-state index in [1.54, 1.807) is 6.07 Å². The summed E-state index contributed by atoms with van der Waals surface area (Å²) in [6.07, 6.45) is 3.06. The highest BCUT2D eigenvalue weighted by Crippen LogP contribution is 2.27. The summed E-state index contributed by atoms with van der Waals surface area (Å²) in [5, 5.41) is 9.11. The highest BCUT2D eigenvalue weighted by molar-refractivity contribution is 9.10. The minimum atomic E-state index is -3.84. The zero-order valence-electron chi connectivity index (χ0n) is 12.0. The third-order valence-electron chi connectivity index (χ3n) is 3.83. The number of carbonyl (C=O) groups is 1. The van der Waals surface area contributed by atoms with Crippen molar-refractivity contribution in [3.05, 3.63) is 57.6 Å². The van der Waals surface area contributed by atoms with Crippen LogP contribution in [0.2, 0.25) is 0 Å². The molecule has 2 aromatic rings. The van der Waals surface area contributed by atoms with E-state index in [9.17, 15) is 13.2 Å². The maximum atomic E-state index is 12.5. The second-order valence-electron chi connectivity index (χ2n) is 5.39. The van der Waals surface area contributed by atoms with E-state index in [0.29, 0.717) is 10.2 Å². The van der Waals surface area contributed by atoms with Crippen LogP contribution in [-0.4, -0.2) is 19.5 Å². The Morgan fingerprint density at radius 1 is 1.09 bits per heavy atom. The van der Waals surface area contributed by atoms with Gasteiger partial charge in [0.15, 0.2) is 0 Å². The minimum Gasteiger partial charge on any atom is -0.478 e. The van der Waals surface area contributed by atoms with Gasteiger partial charge in [-0.05, 0) is 76.7 Å². The number of aryl methyl sites for hydroxylation is 2. The van der Waals surface area contributed by atoms with Gasteiger partial charge in [-0.2, -0.15) is 0 Å². The van der Waals surface area contributed by atoms with Crippen molar-refractivity contribution in [3.63, 3.8) is 0 Å². The lowest BCUT2D eigenvalue weighted by molar-refractivity contribution is 0.0695. The summed E-state index contributed by atoms with van der Waals surface area (Å²) in [6.45, 7) is 0. The fourth-order valence-corrected chi connectivity index (χ4v) is 4.18. The molecule has 0 aromatic heterocycles.